The second-order valence-corrected chi connectivity index (χ2v) is 8.82. The summed E-state index contributed by atoms with van der Waals surface area (Å²) in [6, 6.07) is 13.6. The van der Waals surface area contributed by atoms with E-state index >= 15 is 0 Å². The van der Waals surface area contributed by atoms with Crippen molar-refractivity contribution in [2.75, 3.05) is 18.0 Å². The fourth-order valence-corrected chi connectivity index (χ4v) is 4.63. The van der Waals surface area contributed by atoms with Crippen LogP contribution in [0.15, 0.2) is 53.4 Å². The van der Waals surface area contributed by atoms with E-state index in [4.69, 9.17) is 11.6 Å². The van der Waals surface area contributed by atoms with Gasteiger partial charge >= 0.3 is 0 Å². The highest BCUT2D eigenvalue weighted by Crippen LogP contribution is 2.22. The maximum atomic E-state index is 12.2. The van der Waals surface area contributed by atoms with Crippen molar-refractivity contribution < 1.29 is 18.0 Å². The molecule has 1 aliphatic rings. The summed E-state index contributed by atoms with van der Waals surface area (Å²) in [6.45, 7) is 0.966. The zero-order chi connectivity index (χ0) is 20.9. The predicted octanol–water partition coefficient (Wildman–Crippen LogP) is 2.45. The van der Waals surface area contributed by atoms with Crippen molar-refractivity contribution in [1.82, 2.24) is 10.0 Å². The Bertz CT molecular complexity index is 1010. The lowest BCUT2D eigenvalue weighted by Crippen LogP contribution is -2.30. The highest BCUT2D eigenvalue weighted by molar-refractivity contribution is 7.89. The van der Waals surface area contributed by atoms with Gasteiger partial charge in [-0.1, -0.05) is 35.9 Å². The fraction of sp³-hybridized carbons (Fsp3) is 0.300. The Morgan fingerprint density at radius 2 is 1.93 bits per heavy atom. The molecule has 0 unspecified atom stereocenters. The summed E-state index contributed by atoms with van der Waals surface area (Å²) in [5, 5.41) is 2.89. The fourth-order valence-electron chi connectivity index (χ4n) is 3.08. The van der Waals surface area contributed by atoms with Gasteiger partial charge in [0.1, 0.15) is 4.90 Å². The Hall–Kier alpha value is -2.42. The molecule has 3 rings (SSSR count). The Morgan fingerprint density at radius 3 is 2.66 bits per heavy atom. The van der Waals surface area contributed by atoms with Crippen molar-refractivity contribution in [3.63, 3.8) is 0 Å². The van der Waals surface area contributed by atoms with E-state index < -0.39 is 10.0 Å². The van der Waals surface area contributed by atoms with Gasteiger partial charge in [-0.3, -0.25) is 9.59 Å². The van der Waals surface area contributed by atoms with Crippen LogP contribution in [-0.4, -0.2) is 33.3 Å². The molecule has 9 heteroatoms. The van der Waals surface area contributed by atoms with E-state index in [0.29, 0.717) is 19.5 Å². The standard InChI is InChI=1S/C20H22ClN3O4S/c21-17-7-1-2-8-18(17)29(27,28)23-11-10-19(25)22-14-15-5-3-6-16(13-15)24-12-4-9-20(24)26/h1-3,5-8,13,23H,4,9-12,14H2,(H,22,25). The molecule has 0 spiro atoms. The molecule has 0 aromatic heterocycles. The van der Waals surface area contributed by atoms with Gasteiger partial charge in [-0.25, -0.2) is 13.1 Å². The molecule has 2 amide bonds. The highest BCUT2D eigenvalue weighted by atomic mass is 35.5. The Kier molecular flexibility index (Phi) is 6.89. The van der Waals surface area contributed by atoms with E-state index in [9.17, 15) is 18.0 Å². The molecule has 0 aliphatic carbocycles. The summed E-state index contributed by atoms with van der Waals surface area (Å²) >= 11 is 5.91. The lowest BCUT2D eigenvalue weighted by Gasteiger charge is -2.16. The Morgan fingerprint density at radius 1 is 1.14 bits per heavy atom. The summed E-state index contributed by atoms with van der Waals surface area (Å²) in [7, 11) is -3.77. The summed E-state index contributed by atoms with van der Waals surface area (Å²) in [5.41, 5.74) is 1.69. The normalized spacial score (nSPS) is 14.2. The first kappa shape index (κ1) is 21.3. The van der Waals surface area contributed by atoms with Crippen LogP contribution in [0.5, 0.6) is 0 Å². The first-order valence-electron chi connectivity index (χ1n) is 9.27. The summed E-state index contributed by atoms with van der Waals surface area (Å²) in [4.78, 5) is 25.7. The number of anilines is 1. The van der Waals surface area contributed by atoms with Crippen molar-refractivity contribution in [3.05, 3.63) is 59.1 Å². The number of amides is 2. The number of benzene rings is 2. The van der Waals surface area contributed by atoms with Crippen LogP contribution in [0.1, 0.15) is 24.8 Å². The number of carbonyl (C=O) groups excluding carboxylic acids is 2. The second kappa shape index (κ2) is 9.39. The van der Waals surface area contributed by atoms with E-state index in [1.807, 2.05) is 24.3 Å². The average Bonchev–Trinajstić information content (AvgIpc) is 3.12. The number of nitrogens with one attached hydrogen (secondary N) is 2. The van der Waals surface area contributed by atoms with Gasteiger partial charge < -0.3 is 10.2 Å². The van der Waals surface area contributed by atoms with Gasteiger partial charge in [0.25, 0.3) is 0 Å². The third-order valence-corrected chi connectivity index (χ3v) is 6.52. The van der Waals surface area contributed by atoms with E-state index in [1.54, 1.807) is 17.0 Å². The Balaban J connectivity index is 1.48. The van der Waals surface area contributed by atoms with Crippen molar-refractivity contribution in [2.24, 2.45) is 0 Å². The van der Waals surface area contributed by atoms with E-state index in [0.717, 1.165) is 17.7 Å². The van der Waals surface area contributed by atoms with Gasteiger partial charge in [0, 0.05) is 38.2 Å². The van der Waals surface area contributed by atoms with Crippen molar-refractivity contribution >= 4 is 39.1 Å². The minimum atomic E-state index is -3.77. The summed E-state index contributed by atoms with van der Waals surface area (Å²) < 4.78 is 26.9. The van der Waals surface area contributed by atoms with Gasteiger partial charge in [0.2, 0.25) is 21.8 Å². The SMILES string of the molecule is O=C(CCNS(=O)(=O)c1ccccc1Cl)NCc1cccc(N2CCCC2=O)c1. The maximum Gasteiger partial charge on any atom is 0.242 e. The topological polar surface area (TPSA) is 95.6 Å². The van der Waals surface area contributed by atoms with Gasteiger partial charge in [-0.05, 0) is 36.2 Å². The van der Waals surface area contributed by atoms with Crippen LogP contribution in [0, 0.1) is 0 Å². The molecule has 2 aromatic carbocycles. The zero-order valence-electron chi connectivity index (χ0n) is 15.7. The Labute approximate surface area is 175 Å². The minimum absolute atomic E-state index is 0.00597. The molecule has 1 heterocycles. The predicted molar refractivity (Wildman–Crippen MR) is 111 cm³/mol. The van der Waals surface area contributed by atoms with Crippen LogP contribution in [-0.2, 0) is 26.2 Å². The molecule has 7 nitrogen and oxygen atoms in total. The summed E-state index contributed by atoms with van der Waals surface area (Å²) in [5.74, 6) is -0.175. The molecule has 1 aliphatic heterocycles. The van der Waals surface area contributed by atoms with E-state index in [2.05, 4.69) is 10.0 Å². The third-order valence-electron chi connectivity index (χ3n) is 4.56. The molecule has 1 fully saturated rings. The lowest BCUT2D eigenvalue weighted by atomic mass is 10.2. The van der Waals surface area contributed by atoms with Crippen LogP contribution in [0.3, 0.4) is 0 Å². The van der Waals surface area contributed by atoms with Crippen LogP contribution in [0.2, 0.25) is 5.02 Å². The number of rotatable bonds is 8. The van der Waals surface area contributed by atoms with E-state index in [1.165, 1.54) is 12.1 Å². The quantitative estimate of drug-likeness (QED) is 0.665. The van der Waals surface area contributed by atoms with Crippen molar-refractivity contribution in [2.45, 2.75) is 30.7 Å². The molecule has 0 saturated carbocycles. The van der Waals surface area contributed by atoms with Gasteiger partial charge in [-0.15, -0.1) is 0 Å². The maximum absolute atomic E-state index is 12.2. The number of halogens is 1. The molecule has 2 aromatic rings. The minimum Gasteiger partial charge on any atom is -0.352 e. The van der Waals surface area contributed by atoms with Crippen LogP contribution < -0.4 is 14.9 Å². The second-order valence-electron chi connectivity index (χ2n) is 6.67. The van der Waals surface area contributed by atoms with Gasteiger partial charge in [0.15, 0.2) is 0 Å². The van der Waals surface area contributed by atoms with Crippen LogP contribution in [0.25, 0.3) is 0 Å². The molecule has 2 N–H and O–H groups in total. The smallest absolute Gasteiger partial charge is 0.242 e. The monoisotopic (exact) mass is 435 g/mol. The van der Waals surface area contributed by atoms with Crippen molar-refractivity contribution in [1.29, 1.82) is 0 Å². The van der Waals surface area contributed by atoms with Crippen molar-refractivity contribution in [3.8, 4) is 0 Å². The molecule has 1 saturated heterocycles. The first-order valence-corrected chi connectivity index (χ1v) is 11.1. The van der Waals surface area contributed by atoms with Gasteiger partial charge in [0.05, 0.1) is 5.02 Å². The molecular weight excluding hydrogens is 414 g/mol. The first-order chi connectivity index (χ1) is 13.9. The molecular formula is C20H22ClN3O4S. The zero-order valence-corrected chi connectivity index (χ0v) is 17.3. The van der Waals surface area contributed by atoms with Crippen LogP contribution >= 0.6 is 11.6 Å². The number of sulfonamides is 1. The number of nitrogens with zero attached hydrogens (tertiary/aromatic N) is 1. The molecule has 0 bridgehead atoms. The average molecular weight is 436 g/mol. The van der Waals surface area contributed by atoms with Crippen LogP contribution in [0.4, 0.5) is 5.69 Å². The molecule has 0 atom stereocenters. The van der Waals surface area contributed by atoms with E-state index in [-0.39, 0.29) is 34.7 Å². The lowest BCUT2D eigenvalue weighted by molar-refractivity contribution is -0.121. The number of carbonyl (C=O) groups is 2. The summed E-state index contributed by atoms with van der Waals surface area (Å²) in [6.07, 6.45) is 1.41. The molecule has 154 valence electrons. The molecule has 0 radical (unpaired) electrons. The number of hydrogen-bond donors (Lipinski definition) is 2. The molecule has 29 heavy (non-hydrogen) atoms. The number of hydrogen-bond acceptors (Lipinski definition) is 4. The van der Waals surface area contributed by atoms with Gasteiger partial charge in [-0.2, -0.15) is 0 Å². The highest BCUT2D eigenvalue weighted by Gasteiger charge is 2.21. The third kappa shape index (κ3) is 5.56. The largest absolute Gasteiger partial charge is 0.352 e.